The highest BCUT2D eigenvalue weighted by Gasteiger charge is 2.39. The Bertz CT molecular complexity index is 1290. The van der Waals surface area contributed by atoms with E-state index in [1.54, 1.807) is 24.0 Å². The number of nitrogens with one attached hydrogen (secondary N) is 1. The van der Waals surface area contributed by atoms with Crippen LogP contribution in [0.2, 0.25) is 0 Å². The third-order valence-corrected chi connectivity index (χ3v) is 8.58. The molecule has 1 aliphatic heterocycles. The lowest BCUT2D eigenvalue weighted by molar-refractivity contribution is -0.120. The molecule has 1 atom stereocenters. The summed E-state index contributed by atoms with van der Waals surface area (Å²) in [6.45, 7) is 1.29. The molecule has 12 heteroatoms. The van der Waals surface area contributed by atoms with E-state index in [1.807, 2.05) is 0 Å². The summed E-state index contributed by atoms with van der Waals surface area (Å²) >= 11 is 0. The molecule has 0 radical (unpaired) electrons. The molecule has 4 heterocycles. The molecule has 3 aromatic rings. The molecule has 2 fully saturated rings. The maximum absolute atomic E-state index is 13.4. The molecule has 11 nitrogen and oxygen atoms in total. The largest absolute Gasteiger partial charge is 0.384 e. The number of nitrogens with zero attached hydrogens (tertiary/aromatic N) is 5. The minimum atomic E-state index is -3.52. The lowest BCUT2D eigenvalue weighted by Crippen LogP contribution is -2.30. The van der Waals surface area contributed by atoms with Gasteiger partial charge in [-0.05, 0) is 44.1 Å². The van der Waals surface area contributed by atoms with Crippen molar-refractivity contribution < 1.29 is 17.9 Å². The highest BCUT2D eigenvalue weighted by atomic mass is 32.2. The second-order valence-electron chi connectivity index (χ2n) is 8.79. The van der Waals surface area contributed by atoms with Crippen LogP contribution in [0.15, 0.2) is 29.4 Å². The average Bonchev–Trinajstić information content (AvgIpc) is 3.47. The van der Waals surface area contributed by atoms with Crippen LogP contribution in [0.3, 0.4) is 0 Å². The predicted octanol–water partition coefficient (Wildman–Crippen LogP) is 1.68. The van der Waals surface area contributed by atoms with E-state index in [2.05, 4.69) is 20.5 Å². The van der Waals surface area contributed by atoms with Crippen LogP contribution in [0.4, 0.5) is 11.6 Å². The second-order valence-corrected chi connectivity index (χ2v) is 11.0. The Kier molecular flexibility index (Phi) is 5.57. The third kappa shape index (κ3) is 4.32. The van der Waals surface area contributed by atoms with Gasteiger partial charge < -0.3 is 15.8 Å². The number of nitrogens with two attached hydrogens (primary N) is 1. The van der Waals surface area contributed by atoms with Gasteiger partial charge in [-0.3, -0.25) is 9.48 Å². The monoisotopic (exact) mass is 473 g/mol. The molecule has 0 aromatic carbocycles. The van der Waals surface area contributed by atoms with Crippen LogP contribution in [-0.2, 0) is 26.4 Å². The van der Waals surface area contributed by atoms with E-state index in [4.69, 9.17) is 10.5 Å². The zero-order chi connectivity index (χ0) is 23.2. The number of sulfone groups is 1. The molecule has 1 amide bonds. The van der Waals surface area contributed by atoms with E-state index >= 15 is 0 Å². The van der Waals surface area contributed by atoms with E-state index < -0.39 is 21.1 Å². The molecule has 0 bridgehead atoms. The summed E-state index contributed by atoms with van der Waals surface area (Å²) in [7, 11) is -1.76. The fourth-order valence-corrected chi connectivity index (χ4v) is 6.19. The molecule has 1 saturated heterocycles. The number of aromatic nitrogens is 5. The van der Waals surface area contributed by atoms with Gasteiger partial charge in [0, 0.05) is 32.5 Å². The van der Waals surface area contributed by atoms with Gasteiger partial charge in [0.2, 0.25) is 0 Å². The lowest BCUT2D eigenvalue weighted by atomic mass is 9.92. The van der Waals surface area contributed by atoms with Crippen molar-refractivity contribution in [3.63, 3.8) is 0 Å². The van der Waals surface area contributed by atoms with Gasteiger partial charge in [-0.1, -0.05) is 0 Å². The smallest absolute Gasteiger partial charge is 0.250 e. The molecule has 176 valence electrons. The van der Waals surface area contributed by atoms with Crippen molar-refractivity contribution in [1.82, 2.24) is 24.5 Å². The van der Waals surface area contributed by atoms with Crippen molar-refractivity contribution in [1.29, 1.82) is 0 Å². The van der Waals surface area contributed by atoms with Crippen LogP contribution in [0.1, 0.15) is 38.1 Å². The second kappa shape index (κ2) is 8.41. The highest BCUT2D eigenvalue weighted by Crippen LogP contribution is 2.38. The fourth-order valence-electron chi connectivity index (χ4n) is 4.34. The van der Waals surface area contributed by atoms with Crippen LogP contribution in [-0.4, -0.2) is 57.3 Å². The maximum Gasteiger partial charge on any atom is 0.250 e. The first-order valence-corrected chi connectivity index (χ1v) is 12.6. The molecular formula is C21H27N7O4S. The van der Waals surface area contributed by atoms with E-state index in [0.717, 1.165) is 12.8 Å². The number of aryl methyl sites for hydroxylation is 1. The van der Waals surface area contributed by atoms with Crippen LogP contribution in [0.5, 0.6) is 0 Å². The van der Waals surface area contributed by atoms with Crippen LogP contribution < -0.4 is 11.1 Å². The topological polar surface area (TPSA) is 147 Å². The number of carbonyl (C=O) groups excluding carboxylic acids is 1. The molecule has 0 spiro atoms. The normalized spacial score (nSPS) is 18.5. The number of ether oxygens (including phenoxy) is 1. The number of hydrogen-bond acceptors (Lipinski definition) is 8. The summed E-state index contributed by atoms with van der Waals surface area (Å²) in [5.41, 5.74) is 6.30. The van der Waals surface area contributed by atoms with Gasteiger partial charge in [-0.15, -0.1) is 0 Å². The Hall–Kier alpha value is -2.99. The Morgan fingerprint density at radius 3 is 2.73 bits per heavy atom. The Labute approximate surface area is 191 Å². The molecule has 3 N–H and O–H groups in total. The number of amides is 1. The number of anilines is 2. The minimum Gasteiger partial charge on any atom is -0.384 e. The Morgan fingerprint density at radius 2 is 2.06 bits per heavy atom. The van der Waals surface area contributed by atoms with Crippen LogP contribution >= 0.6 is 0 Å². The van der Waals surface area contributed by atoms with E-state index in [0.29, 0.717) is 49.3 Å². The zero-order valence-corrected chi connectivity index (χ0v) is 19.2. The van der Waals surface area contributed by atoms with Gasteiger partial charge in [0.15, 0.2) is 21.3 Å². The van der Waals surface area contributed by atoms with Crippen LogP contribution in [0, 0.1) is 5.92 Å². The Balaban J connectivity index is 1.55. The standard InChI is InChI=1S/C21H27N7O4S/c1-27-7-4-19(26-27)25-21(29)16(10-13-5-8-32-9-6-13)28-20-15(12-23-28)17(11-18(22)24-20)33(30,31)14-2-3-14/h4,7,11-14,16H,2-3,5-6,8-10H2,1H3,(H2,22,24)(H,25,26,29). The van der Waals surface area contributed by atoms with Crippen molar-refractivity contribution >= 4 is 38.4 Å². The first-order chi connectivity index (χ1) is 15.8. The van der Waals surface area contributed by atoms with Gasteiger partial charge in [-0.2, -0.15) is 10.2 Å². The molecule has 1 saturated carbocycles. The molecule has 2 aliphatic rings. The summed E-state index contributed by atoms with van der Waals surface area (Å²) in [5, 5.41) is 11.5. The summed E-state index contributed by atoms with van der Waals surface area (Å²) < 4.78 is 34.6. The Morgan fingerprint density at radius 1 is 1.30 bits per heavy atom. The van der Waals surface area contributed by atoms with Gasteiger partial charge in [-0.25, -0.2) is 18.1 Å². The SMILES string of the molecule is Cn1ccc(NC(=O)C(CC2CCOCC2)n2ncc3c(S(=O)(=O)C4CC4)cc(N)nc32)n1. The van der Waals surface area contributed by atoms with Gasteiger partial charge in [0.05, 0.1) is 21.7 Å². The number of carbonyl (C=O) groups is 1. The lowest BCUT2D eigenvalue weighted by Gasteiger charge is -2.26. The maximum atomic E-state index is 13.4. The summed E-state index contributed by atoms with van der Waals surface area (Å²) in [6, 6.07) is 2.39. The van der Waals surface area contributed by atoms with Crippen molar-refractivity contribution in [2.24, 2.45) is 13.0 Å². The van der Waals surface area contributed by atoms with E-state index in [-0.39, 0.29) is 22.5 Å². The molecule has 1 unspecified atom stereocenters. The number of pyridine rings is 1. The van der Waals surface area contributed by atoms with Crippen molar-refractivity contribution in [3.05, 3.63) is 24.5 Å². The number of hydrogen-bond donors (Lipinski definition) is 2. The number of nitrogen functional groups attached to an aromatic ring is 1. The molecule has 33 heavy (non-hydrogen) atoms. The first kappa shape index (κ1) is 21.8. The summed E-state index contributed by atoms with van der Waals surface area (Å²) in [4.78, 5) is 17.9. The summed E-state index contributed by atoms with van der Waals surface area (Å²) in [6.07, 6.45) is 6.68. The number of rotatable bonds is 7. The van der Waals surface area contributed by atoms with Crippen LogP contribution in [0.25, 0.3) is 11.0 Å². The van der Waals surface area contributed by atoms with E-state index in [9.17, 15) is 13.2 Å². The molecule has 3 aromatic heterocycles. The van der Waals surface area contributed by atoms with Gasteiger partial charge in [0.1, 0.15) is 11.9 Å². The van der Waals surface area contributed by atoms with Crippen molar-refractivity contribution in [3.8, 4) is 0 Å². The first-order valence-electron chi connectivity index (χ1n) is 11.1. The van der Waals surface area contributed by atoms with Crippen molar-refractivity contribution in [2.75, 3.05) is 24.3 Å². The molecule has 5 rings (SSSR count). The molecule has 1 aliphatic carbocycles. The quantitative estimate of drug-likeness (QED) is 0.527. The summed E-state index contributed by atoms with van der Waals surface area (Å²) in [5.74, 6) is 0.480. The van der Waals surface area contributed by atoms with E-state index in [1.165, 1.54) is 16.9 Å². The molecular weight excluding hydrogens is 446 g/mol. The third-order valence-electron chi connectivity index (χ3n) is 6.28. The minimum absolute atomic E-state index is 0.0819. The van der Waals surface area contributed by atoms with Gasteiger partial charge >= 0.3 is 0 Å². The van der Waals surface area contributed by atoms with Gasteiger partial charge in [0.25, 0.3) is 5.91 Å². The van der Waals surface area contributed by atoms with Crippen molar-refractivity contribution in [2.45, 2.75) is 48.3 Å². The predicted molar refractivity (Wildman–Crippen MR) is 121 cm³/mol. The zero-order valence-electron chi connectivity index (χ0n) is 18.3. The average molecular weight is 474 g/mol. The fraction of sp³-hybridized carbons (Fsp3) is 0.524. The number of fused-ring (bicyclic) bond motifs is 1. The highest BCUT2D eigenvalue weighted by molar-refractivity contribution is 7.92.